The number of rotatable bonds is 12. The number of esters is 2. The third kappa shape index (κ3) is 19.3. The molecular weight excluding hydrogens is 385 g/mol. The molecule has 0 radical (unpaired) electrons. The molecule has 0 aliphatic rings. The highest BCUT2D eigenvalue weighted by Gasteiger charge is 2.21. The van der Waals surface area contributed by atoms with Gasteiger partial charge in [0.1, 0.15) is 19.8 Å². The van der Waals surface area contributed by atoms with E-state index in [1.165, 1.54) is 6.92 Å². The smallest absolute Gasteiger partial charge is 0.333 e. The fourth-order valence-electron chi connectivity index (χ4n) is 1.33. The van der Waals surface area contributed by atoms with Gasteiger partial charge in [0, 0.05) is 11.1 Å². The molecular formula is C19H37NO7P+. The van der Waals surface area contributed by atoms with E-state index in [2.05, 4.69) is 20.1 Å². The van der Waals surface area contributed by atoms with Crippen molar-refractivity contribution >= 4 is 19.5 Å². The topological polar surface area (TPSA) is 99.1 Å². The molecule has 0 aromatic heterocycles. The molecule has 0 aromatic rings. The average molecular weight is 422 g/mol. The van der Waals surface area contributed by atoms with E-state index in [9.17, 15) is 19.0 Å². The van der Waals surface area contributed by atoms with E-state index in [1.807, 2.05) is 21.1 Å². The van der Waals surface area contributed by atoms with Crippen LogP contribution in [-0.2, 0) is 28.2 Å². The van der Waals surface area contributed by atoms with Crippen molar-refractivity contribution in [3.63, 3.8) is 0 Å². The second kappa shape index (κ2) is 14.5. The van der Waals surface area contributed by atoms with Crippen molar-refractivity contribution in [3.05, 3.63) is 24.3 Å². The van der Waals surface area contributed by atoms with Crippen LogP contribution in [0.15, 0.2) is 24.3 Å². The molecule has 0 saturated carbocycles. The summed E-state index contributed by atoms with van der Waals surface area (Å²) in [5, 5.41) is 0. The summed E-state index contributed by atoms with van der Waals surface area (Å²) in [5.74, 6) is -0.852. The van der Waals surface area contributed by atoms with Gasteiger partial charge in [-0.3, -0.25) is 4.57 Å². The molecule has 0 heterocycles. The molecule has 0 spiro atoms. The lowest BCUT2D eigenvalue weighted by Gasteiger charge is -2.24. The summed E-state index contributed by atoms with van der Waals surface area (Å²) < 4.78 is 26.7. The molecule has 164 valence electrons. The summed E-state index contributed by atoms with van der Waals surface area (Å²) >= 11 is 0. The number of likely N-dealkylation sites (N-methyl/N-ethyl adjacent to an activating group) is 1. The van der Waals surface area contributed by atoms with Crippen LogP contribution in [0.4, 0.5) is 0 Å². The summed E-state index contributed by atoms with van der Waals surface area (Å²) in [4.78, 5) is 31.2. The minimum Gasteiger partial charge on any atom is -0.462 e. The van der Waals surface area contributed by atoms with Gasteiger partial charge in [-0.15, -0.1) is 0 Å². The lowest BCUT2D eigenvalue weighted by atomic mass is 10.3. The maximum absolute atomic E-state index is 11.6. The van der Waals surface area contributed by atoms with E-state index < -0.39 is 13.6 Å². The van der Waals surface area contributed by atoms with Crippen LogP contribution in [0.1, 0.15) is 33.6 Å². The van der Waals surface area contributed by atoms with Crippen molar-refractivity contribution in [1.82, 2.24) is 0 Å². The Balaban J connectivity index is 0. The first-order valence-electron chi connectivity index (χ1n) is 9.14. The molecule has 1 N–H and O–H groups in total. The average Bonchev–Trinajstić information content (AvgIpc) is 2.53. The number of nitrogens with zero attached hydrogens (tertiary/aromatic N) is 1. The Morgan fingerprint density at radius 1 is 0.964 bits per heavy atom. The predicted octanol–water partition coefficient (Wildman–Crippen LogP) is 2.92. The molecule has 1 atom stereocenters. The molecule has 0 aromatic carbocycles. The van der Waals surface area contributed by atoms with Crippen LogP contribution in [0.3, 0.4) is 0 Å². The first-order valence-corrected chi connectivity index (χ1v) is 10.9. The van der Waals surface area contributed by atoms with Gasteiger partial charge >= 0.3 is 19.5 Å². The molecule has 9 heteroatoms. The van der Waals surface area contributed by atoms with Crippen LogP contribution in [0.5, 0.6) is 0 Å². The fraction of sp³-hybridized carbons (Fsp3) is 0.684. The zero-order valence-corrected chi connectivity index (χ0v) is 19.0. The quantitative estimate of drug-likeness (QED) is 0.170. The summed E-state index contributed by atoms with van der Waals surface area (Å²) in [7, 11) is 2.19. The van der Waals surface area contributed by atoms with E-state index >= 15 is 0 Å². The third-order valence-electron chi connectivity index (χ3n) is 3.09. The van der Waals surface area contributed by atoms with Crippen molar-refractivity contribution in [2.75, 3.05) is 53.7 Å². The highest BCUT2D eigenvalue weighted by molar-refractivity contribution is 7.52. The van der Waals surface area contributed by atoms with Crippen LogP contribution in [0.2, 0.25) is 0 Å². The van der Waals surface area contributed by atoms with Gasteiger partial charge in [-0.2, -0.15) is 0 Å². The lowest BCUT2D eigenvalue weighted by Crippen LogP contribution is -2.37. The highest BCUT2D eigenvalue weighted by Crippen LogP contribution is 2.41. The van der Waals surface area contributed by atoms with E-state index in [0.29, 0.717) is 23.2 Å². The zero-order valence-electron chi connectivity index (χ0n) is 18.2. The monoisotopic (exact) mass is 422 g/mol. The summed E-state index contributed by atoms with van der Waals surface area (Å²) in [6.07, 6.45) is 1.77. The number of carbonyl (C=O) groups excluding carboxylic acids is 2. The van der Waals surface area contributed by atoms with E-state index in [-0.39, 0.29) is 30.9 Å². The zero-order chi connectivity index (χ0) is 22.4. The summed E-state index contributed by atoms with van der Waals surface area (Å²) in [6, 6.07) is 0. The maximum Gasteiger partial charge on any atom is 0.333 e. The number of hydrogen-bond acceptors (Lipinski definition) is 6. The molecule has 8 nitrogen and oxygen atoms in total. The first-order chi connectivity index (χ1) is 12.7. The Bertz CT molecular complexity index is 567. The largest absolute Gasteiger partial charge is 0.462 e. The van der Waals surface area contributed by atoms with Crippen LogP contribution in [-0.4, -0.2) is 75.0 Å². The van der Waals surface area contributed by atoms with E-state index in [1.54, 1.807) is 6.92 Å². The minimum absolute atomic E-state index is 0.149. The molecule has 0 saturated heterocycles. The Morgan fingerprint density at radius 3 is 1.82 bits per heavy atom. The lowest BCUT2D eigenvalue weighted by molar-refractivity contribution is -0.870. The number of unbranched alkanes of at least 4 members (excludes halogenated alkanes) is 1. The van der Waals surface area contributed by atoms with Gasteiger partial charge in [-0.1, -0.05) is 26.5 Å². The van der Waals surface area contributed by atoms with Gasteiger partial charge in [0.25, 0.3) is 0 Å². The minimum atomic E-state index is -3.68. The number of quaternary nitrogens is 1. The van der Waals surface area contributed by atoms with Crippen molar-refractivity contribution in [1.29, 1.82) is 0 Å². The third-order valence-corrected chi connectivity index (χ3v) is 4.42. The van der Waals surface area contributed by atoms with Gasteiger partial charge in [-0.05, 0) is 20.3 Å². The molecule has 0 aliphatic carbocycles. The van der Waals surface area contributed by atoms with Gasteiger partial charge in [0.05, 0.1) is 33.9 Å². The molecule has 0 amide bonds. The molecule has 0 bridgehead atoms. The maximum atomic E-state index is 11.6. The molecule has 0 aliphatic heterocycles. The van der Waals surface area contributed by atoms with Crippen LogP contribution in [0.25, 0.3) is 0 Å². The van der Waals surface area contributed by atoms with E-state index in [4.69, 9.17) is 14.0 Å². The molecule has 28 heavy (non-hydrogen) atoms. The van der Waals surface area contributed by atoms with Crippen LogP contribution in [0, 0.1) is 0 Å². The van der Waals surface area contributed by atoms with Crippen LogP contribution < -0.4 is 0 Å². The number of hydrogen-bond donors (Lipinski definition) is 1. The van der Waals surface area contributed by atoms with Crippen molar-refractivity contribution < 1.29 is 37.5 Å². The number of ether oxygens (including phenoxy) is 2. The van der Waals surface area contributed by atoms with E-state index in [0.717, 1.165) is 12.8 Å². The van der Waals surface area contributed by atoms with Crippen molar-refractivity contribution in [3.8, 4) is 0 Å². The standard InChI is InChI=1S/C11H22NO5P.C8H14O2/c1-10(2)11(13)16-8-9-18(14,15)17-7-6-12(3,4)5;1-4-5-6-10-8(9)7(2)3/h1,6-9H2,2-5H3;2,4-6H2,1,3H3/p+1. The van der Waals surface area contributed by atoms with Crippen LogP contribution >= 0.6 is 7.60 Å². The highest BCUT2D eigenvalue weighted by atomic mass is 31.2. The molecule has 0 fully saturated rings. The predicted molar refractivity (Wildman–Crippen MR) is 110 cm³/mol. The second-order valence-corrected chi connectivity index (χ2v) is 9.37. The fourth-order valence-corrected chi connectivity index (χ4v) is 2.15. The summed E-state index contributed by atoms with van der Waals surface area (Å²) in [6.45, 7) is 13.3. The van der Waals surface area contributed by atoms with Gasteiger partial charge < -0.3 is 23.4 Å². The Kier molecular flexibility index (Phi) is 14.9. The number of carbonyl (C=O) groups is 2. The van der Waals surface area contributed by atoms with Gasteiger partial charge in [0.2, 0.25) is 0 Å². The van der Waals surface area contributed by atoms with Gasteiger partial charge in [0.15, 0.2) is 0 Å². The second-order valence-electron chi connectivity index (χ2n) is 7.39. The van der Waals surface area contributed by atoms with Crippen molar-refractivity contribution in [2.45, 2.75) is 33.6 Å². The normalized spacial score (nSPS) is 12.8. The first kappa shape index (κ1) is 28.7. The Morgan fingerprint density at radius 2 is 1.43 bits per heavy atom. The Hall–Kier alpha value is -1.47. The van der Waals surface area contributed by atoms with Gasteiger partial charge in [-0.25, -0.2) is 9.59 Å². The Labute approximate surface area is 169 Å². The molecule has 0 rings (SSSR count). The van der Waals surface area contributed by atoms with Crippen molar-refractivity contribution in [2.24, 2.45) is 0 Å². The SMILES string of the molecule is C=C(C)C(=O)OCCCC.C=C(C)C(=O)OCCP(=O)(O)OCC[N+](C)(C)C. The summed E-state index contributed by atoms with van der Waals surface area (Å²) in [5.41, 5.74) is 0.727. The molecule has 1 unspecified atom stereocenters.